The first-order valence-electron chi connectivity index (χ1n) is 9.16. The van der Waals surface area contributed by atoms with Crippen LogP contribution in [-0.2, 0) is 26.2 Å². The first-order valence-corrected chi connectivity index (χ1v) is 9.16. The van der Waals surface area contributed by atoms with Gasteiger partial charge in [-0.05, 0) is 29.7 Å². The van der Waals surface area contributed by atoms with E-state index in [2.05, 4.69) is 18.2 Å². The molecule has 3 aliphatic rings. The van der Waals surface area contributed by atoms with Crippen molar-refractivity contribution in [1.82, 2.24) is 0 Å². The van der Waals surface area contributed by atoms with E-state index in [1.54, 1.807) is 0 Å². The minimum atomic E-state index is -0.632. The Balaban J connectivity index is 1.55. The average Bonchev–Trinajstić information content (AvgIpc) is 3.23. The maximum Gasteiger partial charge on any atom is 0.241 e. The molecule has 0 N–H and O–H groups in total. The van der Waals surface area contributed by atoms with Crippen molar-refractivity contribution < 1.29 is 14.3 Å². The van der Waals surface area contributed by atoms with Crippen LogP contribution in [0.25, 0.3) is 0 Å². The van der Waals surface area contributed by atoms with Crippen LogP contribution in [0.4, 0.5) is 5.69 Å². The Morgan fingerprint density at radius 2 is 1.62 bits per heavy atom. The first kappa shape index (κ1) is 15.8. The van der Waals surface area contributed by atoms with Crippen LogP contribution in [0, 0.1) is 0 Å². The fourth-order valence-corrected chi connectivity index (χ4v) is 4.40. The smallest absolute Gasteiger partial charge is 0.241 e. The summed E-state index contributed by atoms with van der Waals surface area (Å²) in [4.78, 5) is 15.5. The van der Waals surface area contributed by atoms with Crippen LogP contribution in [0.15, 0.2) is 66.7 Å². The standard InChI is InChI=1S/C22H21NO3/c24-20-21(10-12-22(13-11-21)25-14-15-26-22)18-8-4-5-9-19(18)23(20)16-17-6-2-1-3-7-17/h1-10,12H,11,13-16H2/t21-/m1/s1. The number of carbonyl (C=O) groups excluding carboxylic acids is 1. The molecule has 4 heteroatoms. The van der Waals surface area contributed by atoms with Crippen LogP contribution in [0.2, 0.25) is 0 Å². The minimum absolute atomic E-state index is 0.145. The highest BCUT2D eigenvalue weighted by atomic mass is 16.7. The fraction of sp³-hybridized carbons (Fsp3) is 0.318. The molecule has 0 aromatic heterocycles. The Bertz CT molecular complexity index is 870. The number of para-hydroxylation sites is 1. The molecule has 132 valence electrons. The lowest BCUT2D eigenvalue weighted by Crippen LogP contribution is -2.44. The Labute approximate surface area is 153 Å². The molecule has 0 unspecified atom stereocenters. The molecule has 2 aliphatic heterocycles. The molecule has 2 aromatic rings. The molecule has 0 bridgehead atoms. The summed E-state index contributed by atoms with van der Waals surface area (Å²) >= 11 is 0. The topological polar surface area (TPSA) is 38.8 Å². The molecule has 26 heavy (non-hydrogen) atoms. The van der Waals surface area contributed by atoms with Gasteiger partial charge in [0.1, 0.15) is 0 Å². The molecule has 2 spiro atoms. The lowest BCUT2D eigenvalue weighted by molar-refractivity contribution is -0.135. The second-order valence-corrected chi connectivity index (χ2v) is 7.21. The molecular formula is C22H21NO3. The number of rotatable bonds is 2. The van der Waals surface area contributed by atoms with Gasteiger partial charge in [-0.25, -0.2) is 0 Å². The van der Waals surface area contributed by atoms with Gasteiger partial charge in [0.2, 0.25) is 5.91 Å². The van der Waals surface area contributed by atoms with Crippen LogP contribution >= 0.6 is 0 Å². The van der Waals surface area contributed by atoms with E-state index in [9.17, 15) is 4.79 Å². The number of hydrogen-bond acceptors (Lipinski definition) is 3. The van der Waals surface area contributed by atoms with E-state index in [1.807, 2.05) is 53.5 Å². The van der Waals surface area contributed by atoms with E-state index < -0.39 is 11.2 Å². The number of ether oxygens (including phenoxy) is 2. The van der Waals surface area contributed by atoms with E-state index in [0.29, 0.717) is 32.6 Å². The third-order valence-corrected chi connectivity index (χ3v) is 5.75. The van der Waals surface area contributed by atoms with Gasteiger partial charge in [0.25, 0.3) is 0 Å². The number of nitrogens with zero attached hydrogens (tertiary/aromatic N) is 1. The molecule has 1 aliphatic carbocycles. The monoisotopic (exact) mass is 347 g/mol. The molecule has 5 rings (SSSR count). The van der Waals surface area contributed by atoms with Gasteiger partial charge < -0.3 is 14.4 Å². The summed E-state index contributed by atoms with van der Waals surface area (Å²) in [5, 5.41) is 0. The highest BCUT2D eigenvalue weighted by molar-refractivity contribution is 6.09. The van der Waals surface area contributed by atoms with Gasteiger partial charge in [-0.15, -0.1) is 0 Å². The Morgan fingerprint density at radius 3 is 2.35 bits per heavy atom. The quantitative estimate of drug-likeness (QED) is 0.780. The van der Waals surface area contributed by atoms with E-state index in [0.717, 1.165) is 16.8 Å². The Morgan fingerprint density at radius 1 is 0.885 bits per heavy atom. The number of hydrogen-bond donors (Lipinski definition) is 0. The van der Waals surface area contributed by atoms with Crippen molar-refractivity contribution in [2.75, 3.05) is 18.1 Å². The molecule has 0 radical (unpaired) electrons. The molecule has 1 amide bonds. The normalized spacial score (nSPS) is 26.0. The van der Waals surface area contributed by atoms with Crippen LogP contribution in [0.3, 0.4) is 0 Å². The molecular weight excluding hydrogens is 326 g/mol. The summed E-state index contributed by atoms with van der Waals surface area (Å²) in [6.07, 6.45) is 5.38. The predicted molar refractivity (Wildman–Crippen MR) is 98.8 cm³/mol. The summed E-state index contributed by atoms with van der Waals surface area (Å²) < 4.78 is 11.6. The van der Waals surface area contributed by atoms with Crippen molar-refractivity contribution in [3.8, 4) is 0 Å². The second kappa shape index (κ2) is 5.79. The number of anilines is 1. The van der Waals surface area contributed by atoms with E-state index >= 15 is 0 Å². The van der Waals surface area contributed by atoms with Gasteiger partial charge >= 0.3 is 0 Å². The number of benzene rings is 2. The predicted octanol–water partition coefficient (Wildman–Crippen LogP) is 3.56. The van der Waals surface area contributed by atoms with Crippen LogP contribution in [0.5, 0.6) is 0 Å². The van der Waals surface area contributed by atoms with Gasteiger partial charge in [0, 0.05) is 12.1 Å². The largest absolute Gasteiger partial charge is 0.344 e. The van der Waals surface area contributed by atoms with Gasteiger partial charge in [0.05, 0.1) is 25.2 Å². The van der Waals surface area contributed by atoms with Crippen molar-refractivity contribution in [2.45, 2.75) is 30.6 Å². The van der Waals surface area contributed by atoms with Gasteiger partial charge in [-0.2, -0.15) is 0 Å². The molecule has 2 heterocycles. The van der Waals surface area contributed by atoms with Gasteiger partial charge in [0.15, 0.2) is 5.79 Å². The third-order valence-electron chi connectivity index (χ3n) is 5.75. The van der Waals surface area contributed by atoms with E-state index in [-0.39, 0.29) is 5.91 Å². The molecule has 2 aromatic carbocycles. The third kappa shape index (κ3) is 2.26. The lowest BCUT2D eigenvalue weighted by Gasteiger charge is -2.35. The van der Waals surface area contributed by atoms with E-state index in [4.69, 9.17) is 9.47 Å². The number of carbonyl (C=O) groups is 1. The average molecular weight is 347 g/mol. The zero-order chi connectivity index (χ0) is 17.6. The number of fused-ring (bicyclic) bond motifs is 2. The molecule has 1 atom stereocenters. The van der Waals surface area contributed by atoms with E-state index in [1.165, 1.54) is 0 Å². The summed E-state index contributed by atoms with van der Waals surface area (Å²) in [6, 6.07) is 18.3. The summed E-state index contributed by atoms with van der Waals surface area (Å²) in [7, 11) is 0. The highest BCUT2D eigenvalue weighted by Gasteiger charge is 2.53. The van der Waals surface area contributed by atoms with Crippen LogP contribution < -0.4 is 4.90 Å². The van der Waals surface area contributed by atoms with Crippen LogP contribution in [-0.4, -0.2) is 24.9 Å². The van der Waals surface area contributed by atoms with Gasteiger partial charge in [-0.3, -0.25) is 4.79 Å². The maximum absolute atomic E-state index is 13.5. The maximum atomic E-state index is 13.5. The SMILES string of the molecule is O=C1N(Cc2ccccc2)c2ccccc2[C@]12C=CC1(CC2)OCCO1. The van der Waals surface area contributed by atoms with Crippen molar-refractivity contribution >= 4 is 11.6 Å². The Hall–Kier alpha value is -2.43. The van der Waals surface area contributed by atoms with Crippen molar-refractivity contribution in [2.24, 2.45) is 0 Å². The minimum Gasteiger partial charge on any atom is -0.344 e. The summed E-state index contributed by atoms with van der Waals surface area (Å²) in [6.45, 7) is 1.81. The summed E-state index contributed by atoms with van der Waals surface area (Å²) in [5.41, 5.74) is 2.62. The first-order chi connectivity index (χ1) is 12.7. The van der Waals surface area contributed by atoms with Gasteiger partial charge in [-0.1, -0.05) is 54.6 Å². The lowest BCUT2D eigenvalue weighted by atomic mass is 9.73. The van der Waals surface area contributed by atoms with Crippen LogP contribution in [0.1, 0.15) is 24.0 Å². The van der Waals surface area contributed by atoms with Crippen molar-refractivity contribution in [3.05, 3.63) is 77.9 Å². The molecule has 0 saturated carbocycles. The zero-order valence-corrected chi connectivity index (χ0v) is 14.6. The molecule has 1 saturated heterocycles. The second-order valence-electron chi connectivity index (χ2n) is 7.21. The Kier molecular flexibility index (Phi) is 3.52. The fourth-order valence-electron chi connectivity index (χ4n) is 4.40. The zero-order valence-electron chi connectivity index (χ0n) is 14.6. The molecule has 1 fully saturated rings. The van der Waals surface area contributed by atoms with Crippen molar-refractivity contribution in [1.29, 1.82) is 0 Å². The number of amides is 1. The summed E-state index contributed by atoms with van der Waals surface area (Å²) in [5.74, 6) is -0.487. The molecule has 4 nitrogen and oxygen atoms in total. The highest BCUT2D eigenvalue weighted by Crippen LogP contribution is 2.50. The van der Waals surface area contributed by atoms with Crippen molar-refractivity contribution in [3.63, 3.8) is 0 Å².